The van der Waals surface area contributed by atoms with Crippen LogP contribution >= 0.6 is 11.6 Å². The number of hydrogen-bond donors (Lipinski definition) is 1. The van der Waals surface area contributed by atoms with Gasteiger partial charge in [0.1, 0.15) is 0 Å². The largest absolute Gasteiger partial charge is 0.322 e. The van der Waals surface area contributed by atoms with Gasteiger partial charge in [0.2, 0.25) is 0 Å². The fourth-order valence-electron chi connectivity index (χ4n) is 2.51. The summed E-state index contributed by atoms with van der Waals surface area (Å²) in [6, 6.07) is -0.385. The molecule has 8 heteroatoms. The first-order valence-corrected chi connectivity index (χ1v) is 8.82. The van der Waals surface area contributed by atoms with Gasteiger partial charge in [0.15, 0.2) is 9.84 Å². The molecule has 0 radical (unpaired) electrons. The van der Waals surface area contributed by atoms with E-state index in [0.29, 0.717) is 18.0 Å². The highest BCUT2D eigenvalue weighted by atomic mass is 35.5. The molecule has 20 heavy (non-hydrogen) atoms. The van der Waals surface area contributed by atoms with E-state index in [4.69, 9.17) is 17.3 Å². The Morgan fingerprint density at radius 3 is 2.85 bits per heavy atom. The number of rotatable bonds is 5. The maximum absolute atomic E-state index is 11.6. The maximum atomic E-state index is 11.6. The minimum absolute atomic E-state index is 0.0766. The molecule has 1 aliphatic heterocycles. The number of nitrogens with two attached hydrogens (primary N) is 1. The van der Waals surface area contributed by atoms with Crippen LogP contribution in [0.15, 0.2) is 6.20 Å². The van der Waals surface area contributed by atoms with E-state index < -0.39 is 9.84 Å². The van der Waals surface area contributed by atoms with Crippen LogP contribution in [-0.2, 0) is 16.4 Å². The lowest BCUT2D eigenvalue weighted by atomic mass is 9.97. The van der Waals surface area contributed by atoms with Gasteiger partial charge in [-0.15, -0.1) is 0 Å². The molecular weight excluding hydrogens is 300 g/mol. The van der Waals surface area contributed by atoms with Gasteiger partial charge in [-0.25, -0.2) is 8.42 Å². The Morgan fingerprint density at radius 2 is 2.30 bits per heavy atom. The Bertz CT molecular complexity index is 570. The standard InChI is InChI=1S/C12H21ClN4O2S/c1-16(2)4-5-17-12(10(13)7-15-17)11(14)9-3-6-20(18,19)8-9/h7,9,11H,3-6,8,14H2,1-2H3. The minimum atomic E-state index is -2.94. The summed E-state index contributed by atoms with van der Waals surface area (Å²) in [6.07, 6.45) is 2.18. The van der Waals surface area contributed by atoms with E-state index in [2.05, 4.69) is 5.10 Å². The van der Waals surface area contributed by atoms with Gasteiger partial charge in [0.25, 0.3) is 0 Å². The maximum Gasteiger partial charge on any atom is 0.150 e. The van der Waals surface area contributed by atoms with Crippen molar-refractivity contribution in [3.05, 3.63) is 16.9 Å². The number of halogens is 1. The molecule has 0 aromatic carbocycles. The van der Waals surface area contributed by atoms with E-state index in [1.54, 1.807) is 10.9 Å². The van der Waals surface area contributed by atoms with E-state index >= 15 is 0 Å². The van der Waals surface area contributed by atoms with Crippen molar-refractivity contribution in [2.24, 2.45) is 11.7 Å². The Hall–Kier alpha value is -0.630. The van der Waals surface area contributed by atoms with Crippen molar-refractivity contribution in [2.45, 2.75) is 19.0 Å². The van der Waals surface area contributed by atoms with Crippen LogP contribution in [0.2, 0.25) is 5.02 Å². The normalized spacial score (nSPS) is 23.4. The molecule has 0 aliphatic carbocycles. The quantitative estimate of drug-likeness (QED) is 0.856. The van der Waals surface area contributed by atoms with Crippen molar-refractivity contribution < 1.29 is 8.42 Å². The first kappa shape index (κ1) is 15.8. The van der Waals surface area contributed by atoms with Crippen LogP contribution in [0, 0.1) is 5.92 Å². The van der Waals surface area contributed by atoms with Crippen LogP contribution in [0.5, 0.6) is 0 Å². The van der Waals surface area contributed by atoms with Gasteiger partial charge < -0.3 is 10.6 Å². The summed E-state index contributed by atoms with van der Waals surface area (Å²) in [7, 11) is 1.02. The summed E-state index contributed by atoms with van der Waals surface area (Å²) < 4.78 is 25.0. The average molecular weight is 321 g/mol. The molecule has 1 aromatic rings. The molecule has 6 nitrogen and oxygen atoms in total. The van der Waals surface area contributed by atoms with Crippen LogP contribution in [0.25, 0.3) is 0 Å². The Morgan fingerprint density at radius 1 is 1.60 bits per heavy atom. The van der Waals surface area contributed by atoms with Crippen molar-refractivity contribution >= 4 is 21.4 Å². The molecule has 0 saturated carbocycles. The van der Waals surface area contributed by atoms with Gasteiger partial charge in [-0.3, -0.25) is 4.68 Å². The zero-order valence-corrected chi connectivity index (χ0v) is 13.4. The molecule has 2 heterocycles. The highest BCUT2D eigenvalue weighted by molar-refractivity contribution is 7.91. The summed E-state index contributed by atoms with van der Waals surface area (Å²) in [5.41, 5.74) is 7.00. The lowest BCUT2D eigenvalue weighted by Crippen LogP contribution is -2.28. The highest BCUT2D eigenvalue weighted by Gasteiger charge is 2.35. The molecule has 2 unspecified atom stereocenters. The van der Waals surface area contributed by atoms with E-state index in [0.717, 1.165) is 12.2 Å². The second kappa shape index (κ2) is 6.01. The molecule has 0 amide bonds. The van der Waals surface area contributed by atoms with E-state index in [1.807, 2.05) is 19.0 Å². The SMILES string of the molecule is CN(C)CCn1ncc(Cl)c1C(N)C1CCS(=O)(=O)C1. The predicted molar refractivity (Wildman–Crippen MR) is 79.5 cm³/mol. The average Bonchev–Trinajstić information content (AvgIpc) is 2.89. The second-order valence-corrected chi connectivity index (χ2v) is 8.23. The molecule has 0 spiro atoms. The van der Waals surface area contributed by atoms with Crippen LogP contribution in [0.1, 0.15) is 18.2 Å². The van der Waals surface area contributed by atoms with Crippen LogP contribution in [0.3, 0.4) is 0 Å². The molecule has 1 aromatic heterocycles. The Labute approximate surface area is 124 Å². The highest BCUT2D eigenvalue weighted by Crippen LogP contribution is 2.32. The fourth-order valence-corrected chi connectivity index (χ4v) is 4.63. The molecular formula is C12H21ClN4O2S. The van der Waals surface area contributed by atoms with Gasteiger partial charge in [0.05, 0.1) is 41.0 Å². The van der Waals surface area contributed by atoms with Crippen LogP contribution < -0.4 is 5.73 Å². The molecule has 2 atom stereocenters. The first-order chi connectivity index (χ1) is 9.30. The van der Waals surface area contributed by atoms with Crippen molar-refractivity contribution in [3.8, 4) is 0 Å². The lowest BCUT2D eigenvalue weighted by molar-refractivity contribution is 0.358. The van der Waals surface area contributed by atoms with Gasteiger partial charge in [-0.2, -0.15) is 5.10 Å². The molecule has 114 valence electrons. The molecule has 0 bridgehead atoms. The van der Waals surface area contributed by atoms with Gasteiger partial charge in [-0.1, -0.05) is 11.6 Å². The lowest BCUT2D eigenvalue weighted by Gasteiger charge is -2.20. The number of sulfone groups is 1. The third-order valence-electron chi connectivity index (χ3n) is 3.68. The van der Waals surface area contributed by atoms with E-state index in [9.17, 15) is 8.42 Å². The third-order valence-corrected chi connectivity index (χ3v) is 5.77. The summed E-state index contributed by atoms with van der Waals surface area (Å²) in [5, 5.41) is 4.76. The van der Waals surface area contributed by atoms with Crippen molar-refractivity contribution in [1.29, 1.82) is 0 Å². The summed E-state index contributed by atoms with van der Waals surface area (Å²) in [5.74, 6) is 0.283. The monoisotopic (exact) mass is 320 g/mol. The van der Waals surface area contributed by atoms with Gasteiger partial charge in [0, 0.05) is 6.54 Å². The van der Waals surface area contributed by atoms with Gasteiger partial charge in [-0.05, 0) is 26.4 Å². The van der Waals surface area contributed by atoms with E-state index in [-0.39, 0.29) is 23.5 Å². The third kappa shape index (κ3) is 3.52. The predicted octanol–water partition coefficient (Wildman–Crippen LogP) is 0.533. The van der Waals surface area contributed by atoms with Crippen molar-refractivity contribution in [3.63, 3.8) is 0 Å². The van der Waals surface area contributed by atoms with Crippen molar-refractivity contribution in [2.75, 3.05) is 32.1 Å². The summed E-state index contributed by atoms with van der Waals surface area (Å²) >= 11 is 6.18. The molecule has 2 rings (SSSR count). The number of nitrogens with zero attached hydrogens (tertiary/aromatic N) is 3. The zero-order valence-electron chi connectivity index (χ0n) is 11.8. The van der Waals surface area contributed by atoms with Crippen LogP contribution in [0.4, 0.5) is 0 Å². The van der Waals surface area contributed by atoms with Gasteiger partial charge >= 0.3 is 0 Å². The Kier molecular flexibility index (Phi) is 4.73. The number of aromatic nitrogens is 2. The zero-order chi connectivity index (χ0) is 14.9. The number of likely N-dealkylation sites (N-methyl/N-ethyl adjacent to an activating group) is 1. The molecule has 1 aliphatic rings. The molecule has 1 saturated heterocycles. The summed E-state index contributed by atoms with van der Waals surface area (Å²) in [4.78, 5) is 2.05. The van der Waals surface area contributed by atoms with Crippen molar-refractivity contribution in [1.82, 2.24) is 14.7 Å². The smallest absolute Gasteiger partial charge is 0.150 e. The minimum Gasteiger partial charge on any atom is -0.322 e. The fraction of sp³-hybridized carbons (Fsp3) is 0.750. The Balaban J connectivity index is 2.17. The van der Waals surface area contributed by atoms with E-state index in [1.165, 1.54) is 0 Å². The summed E-state index contributed by atoms with van der Waals surface area (Å²) in [6.45, 7) is 1.50. The molecule has 2 N–H and O–H groups in total. The molecule has 1 fully saturated rings. The second-order valence-electron chi connectivity index (χ2n) is 5.59. The van der Waals surface area contributed by atoms with Crippen LogP contribution in [-0.4, -0.2) is 55.2 Å². The number of hydrogen-bond acceptors (Lipinski definition) is 5. The topological polar surface area (TPSA) is 81.2 Å². The first-order valence-electron chi connectivity index (χ1n) is 6.62.